The van der Waals surface area contributed by atoms with Gasteiger partial charge in [0.15, 0.2) is 0 Å². The van der Waals surface area contributed by atoms with Crippen molar-refractivity contribution in [1.29, 1.82) is 0 Å². The first-order chi connectivity index (χ1) is 4.59. The van der Waals surface area contributed by atoms with Crippen molar-refractivity contribution in [2.24, 2.45) is 0 Å². The smallest absolute Gasteiger partial charge is 0.372 e. The predicted octanol–water partition coefficient (Wildman–Crippen LogP) is 0.0487. The van der Waals surface area contributed by atoms with Crippen molar-refractivity contribution < 1.29 is 19.8 Å². The van der Waals surface area contributed by atoms with E-state index in [1.165, 1.54) is 6.92 Å². The summed E-state index contributed by atoms with van der Waals surface area (Å²) < 4.78 is 0. The highest BCUT2D eigenvalue weighted by atomic mass is 16.4. The molecular formula is C6H12O4. The van der Waals surface area contributed by atoms with Crippen LogP contribution in [0.1, 0.15) is 20.3 Å². The van der Waals surface area contributed by atoms with Crippen LogP contribution in [0, 0.1) is 0 Å². The zero-order chi connectivity index (χ0) is 8.57. The molecule has 0 unspecified atom stereocenters. The number of aliphatic hydroxyl groups excluding tert-OH is 1. The average molecular weight is 148 g/mol. The average Bonchev–Trinajstić information content (AvgIpc) is 1.88. The summed E-state index contributed by atoms with van der Waals surface area (Å²) in [6, 6.07) is 0. The van der Waals surface area contributed by atoms with Crippen molar-refractivity contribution in [3.8, 4) is 0 Å². The molecule has 0 aliphatic heterocycles. The Morgan fingerprint density at radius 3 is 1.60 bits per heavy atom. The Labute approximate surface area is 59.5 Å². The summed E-state index contributed by atoms with van der Waals surface area (Å²) in [5.74, 6) is -2.08. The molecule has 4 heteroatoms. The van der Waals surface area contributed by atoms with Crippen LogP contribution in [-0.4, -0.2) is 28.6 Å². The van der Waals surface area contributed by atoms with E-state index in [1.807, 2.05) is 0 Å². The Hall–Kier alpha value is -0.900. The van der Waals surface area contributed by atoms with Gasteiger partial charge in [-0.1, -0.05) is 6.92 Å². The molecule has 2 N–H and O–H groups in total. The fraction of sp³-hybridized carbons (Fsp3) is 0.667. The number of carbonyl (C=O) groups excluding carboxylic acids is 1. The Bertz CT molecular complexity index is 108. The Morgan fingerprint density at radius 2 is 1.60 bits per heavy atom. The van der Waals surface area contributed by atoms with Crippen molar-refractivity contribution in [2.45, 2.75) is 20.3 Å². The molecule has 0 aliphatic rings. The first kappa shape index (κ1) is 11.8. The van der Waals surface area contributed by atoms with Crippen LogP contribution in [-0.2, 0) is 9.59 Å². The lowest BCUT2D eigenvalue weighted by Crippen LogP contribution is -2.09. The number of hydrogen-bond acceptors (Lipinski definition) is 3. The zero-order valence-electron chi connectivity index (χ0n) is 6.13. The molecule has 0 radical (unpaired) electrons. The van der Waals surface area contributed by atoms with E-state index in [4.69, 9.17) is 10.2 Å². The Kier molecular flexibility index (Phi) is 9.59. The van der Waals surface area contributed by atoms with Gasteiger partial charge in [0, 0.05) is 13.0 Å². The highest BCUT2D eigenvalue weighted by molar-refractivity contribution is 6.32. The van der Waals surface area contributed by atoms with E-state index < -0.39 is 11.8 Å². The Morgan fingerprint density at radius 1 is 1.30 bits per heavy atom. The number of aliphatic hydroxyl groups is 1. The van der Waals surface area contributed by atoms with Crippen molar-refractivity contribution >= 4 is 11.8 Å². The minimum atomic E-state index is -1.34. The third kappa shape index (κ3) is 10.2. The van der Waals surface area contributed by atoms with Gasteiger partial charge in [0.1, 0.15) is 0 Å². The monoisotopic (exact) mass is 148 g/mol. The molecule has 0 atom stereocenters. The molecule has 0 aliphatic carbocycles. The summed E-state index contributed by atoms with van der Waals surface area (Å²) in [5, 5.41) is 15.4. The molecule has 0 aromatic rings. The van der Waals surface area contributed by atoms with E-state index >= 15 is 0 Å². The molecule has 0 fully saturated rings. The van der Waals surface area contributed by atoms with E-state index in [0.29, 0.717) is 0 Å². The first-order valence-electron chi connectivity index (χ1n) is 2.97. The quantitative estimate of drug-likeness (QED) is 0.542. The summed E-state index contributed by atoms with van der Waals surface area (Å²) in [6.07, 6.45) is 0.0787. The number of carboxylic acids is 1. The maximum Gasteiger partial charge on any atom is 0.372 e. The van der Waals surface area contributed by atoms with Crippen LogP contribution in [0.5, 0.6) is 0 Å². The number of aliphatic carboxylic acids is 1. The van der Waals surface area contributed by atoms with E-state index in [9.17, 15) is 9.59 Å². The number of hydrogen-bond donors (Lipinski definition) is 2. The molecule has 60 valence electrons. The SMILES string of the molecule is CCC(=O)C(=O)O.CCO. The van der Waals surface area contributed by atoms with Crippen molar-refractivity contribution in [1.82, 2.24) is 0 Å². The minimum absolute atomic E-state index is 0.0787. The summed E-state index contributed by atoms with van der Waals surface area (Å²) in [4.78, 5) is 19.5. The highest BCUT2D eigenvalue weighted by Crippen LogP contribution is 1.76. The predicted molar refractivity (Wildman–Crippen MR) is 35.7 cm³/mol. The van der Waals surface area contributed by atoms with Crippen molar-refractivity contribution in [3.05, 3.63) is 0 Å². The van der Waals surface area contributed by atoms with Crippen LogP contribution in [0.15, 0.2) is 0 Å². The highest BCUT2D eigenvalue weighted by Gasteiger charge is 2.05. The van der Waals surface area contributed by atoms with Gasteiger partial charge < -0.3 is 10.2 Å². The normalized spacial score (nSPS) is 7.50. The molecule has 10 heavy (non-hydrogen) atoms. The second-order valence-electron chi connectivity index (χ2n) is 1.40. The summed E-state index contributed by atoms with van der Waals surface area (Å²) >= 11 is 0. The van der Waals surface area contributed by atoms with Crippen LogP contribution in [0.3, 0.4) is 0 Å². The molecule has 0 saturated carbocycles. The molecule has 0 aromatic carbocycles. The standard InChI is InChI=1S/C4H6O3.C2H6O/c1-2-3(5)4(6)7;1-2-3/h2H2,1H3,(H,6,7);3H,2H2,1H3. The number of carbonyl (C=O) groups is 2. The molecule has 0 aromatic heterocycles. The number of ketones is 1. The van der Waals surface area contributed by atoms with Gasteiger partial charge in [-0.2, -0.15) is 0 Å². The van der Waals surface area contributed by atoms with Crippen LogP contribution >= 0.6 is 0 Å². The number of Topliss-reactive ketones (excluding diaryl/α,β-unsaturated/α-hetero) is 1. The lowest BCUT2D eigenvalue weighted by atomic mass is 10.3. The van der Waals surface area contributed by atoms with E-state index in [2.05, 4.69) is 0 Å². The molecule has 4 nitrogen and oxygen atoms in total. The van der Waals surface area contributed by atoms with E-state index in [-0.39, 0.29) is 13.0 Å². The molecule has 0 saturated heterocycles. The van der Waals surface area contributed by atoms with Gasteiger partial charge >= 0.3 is 5.97 Å². The minimum Gasteiger partial charge on any atom is -0.476 e. The molecule has 0 heterocycles. The zero-order valence-corrected chi connectivity index (χ0v) is 6.13. The van der Waals surface area contributed by atoms with Crippen molar-refractivity contribution in [2.75, 3.05) is 6.61 Å². The van der Waals surface area contributed by atoms with E-state index in [1.54, 1.807) is 6.92 Å². The number of carboxylic acid groups (broad SMARTS) is 1. The lowest BCUT2D eigenvalue weighted by molar-refractivity contribution is -0.148. The third-order valence-corrected chi connectivity index (χ3v) is 0.560. The largest absolute Gasteiger partial charge is 0.476 e. The second-order valence-corrected chi connectivity index (χ2v) is 1.40. The molecule has 0 spiro atoms. The van der Waals surface area contributed by atoms with Gasteiger partial charge in [-0.25, -0.2) is 4.79 Å². The topological polar surface area (TPSA) is 74.6 Å². The van der Waals surface area contributed by atoms with Gasteiger partial charge in [0.2, 0.25) is 5.78 Å². The maximum atomic E-state index is 9.91. The van der Waals surface area contributed by atoms with Crippen LogP contribution in [0.2, 0.25) is 0 Å². The summed E-state index contributed by atoms with van der Waals surface area (Å²) in [7, 11) is 0. The van der Waals surface area contributed by atoms with Crippen molar-refractivity contribution in [3.63, 3.8) is 0 Å². The summed E-state index contributed by atoms with van der Waals surface area (Å²) in [6.45, 7) is 3.44. The van der Waals surface area contributed by atoms with Gasteiger partial charge in [-0.15, -0.1) is 0 Å². The van der Waals surface area contributed by atoms with Gasteiger partial charge in [-0.3, -0.25) is 4.79 Å². The lowest BCUT2D eigenvalue weighted by Gasteiger charge is -1.80. The molecule has 0 amide bonds. The van der Waals surface area contributed by atoms with Gasteiger partial charge in [0.25, 0.3) is 0 Å². The second kappa shape index (κ2) is 8.10. The number of rotatable bonds is 2. The first-order valence-corrected chi connectivity index (χ1v) is 2.97. The van der Waals surface area contributed by atoms with Crippen LogP contribution in [0.4, 0.5) is 0 Å². The van der Waals surface area contributed by atoms with E-state index in [0.717, 1.165) is 0 Å². The molecule has 0 rings (SSSR count). The van der Waals surface area contributed by atoms with Gasteiger partial charge in [-0.05, 0) is 6.92 Å². The fourth-order valence-corrected chi connectivity index (χ4v) is 0.151. The molecular weight excluding hydrogens is 136 g/mol. The van der Waals surface area contributed by atoms with Crippen LogP contribution < -0.4 is 0 Å². The summed E-state index contributed by atoms with van der Waals surface area (Å²) in [5.41, 5.74) is 0. The third-order valence-electron chi connectivity index (χ3n) is 0.560. The maximum absolute atomic E-state index is 9.91. The molecule has 0 bridgehead atoms. The van der Waals surface area contributed by atoms with Crippen LogP contribution in [0.25, 0.3) is 0 Å². The fourth-order valence-electron chi connectivity index (χ4n) is 0.151. The van der Waals surface area contributed by atoms with Gasteiger partial charge in [0.05, 0.1) is 0 Å². The Balaban J connectivity index is 0.